The molecule has 0 aromatic heterocycles. The number of ether oxygens (including phenoxy) is 1. The molecule has 1 aromatic carbocycles. The van der Waals surface area contributed by atoms with Gasteiger partial charge in [0.2, 0.25) is 0 Å². The van der Waals surface area contributed by atoms with Crippen LogP contribution in [0.4, 0.5) is 4.79 Å². The molecule has 0 saturated heterocycles. The highest BCUT2D eigenvalue weighted by atomic mass is 16.6. The minimum atomic E-state index is -0.962. The largest absolute Gasteiger partial charge is 0.507 e. The van der Waals surface area contributed by atoms with Gasteiger partial charge >= 0.3 is 6.09 Å². The molecule has 0 unspecified atom stereocenters. The highest BCUT2D eigenvalue weighted by Crippen LogP contribution is 2.16. The number of nitrogens with two attached hydrogens (primary N) is 1. The molecule has 3 N–H and O–H groups in total. The van der Waals surface area contributed by atoms with E-state index in [4.69, 9.17) is 5.84 Å². The fourth-order valence-corrected chi connectivity index (χ4v) is 1.06. The van der Waals surface area contributed by atoms with Crippen molar-refractivity contribution in [3.05, 3.63) is 29.8 Å². The van der Waals surface area contributed by atoms with E-state index < -0.39 is 12.0 Å². The number of hydrogen-bond donors (Lipinski definition) is 2. The molecule has 0 fully saturated rings. The van der Waals surface area contributed by atoms with Gasteiger partial charge in [0.1, 0.15) is 5.75 Å². The number of rotatable bonds is 2. The molecule has 86 valence electrons. The number of aromatic hydroxyl groups is 1. The molecule has 6 heteroatoms. The fraction of sp³-hybridized carbons (Fsp3) is 0.200. The molecule has 6 nitrogen and oxygen atoms in total. The molecule has 0 bridgehead atoms. The lowest BCUT2D eigenvalue weighted by Crippen LogP contribution is -2.42. The molecule has 0 atom stereocenters. The first-order chi connectivity index (χ1) is 7.57. The second-order valence-electron chi connectivity index (χ2n) is 2.89. The lowest BCUT2D eigenvalue weighted by molar-refractivity contribution is 0.0670. The summed E-state index contributed by atoms with van der Waals surface area (Å²) in [6, 6.07) is 5.78. The highest BCUT2D eigenvalue weighted by Gasteiger charge is 2.22. The van der Waals surface area contributed by atoms with Gasteiger partial charge in [-0.1, -0.05) is 12.1 Å². The molecule has 16 heavy (non-hydrogen) atoms. The fourth-order valence-electron chi connectivity index (χ4n) is 1.06. The van der Waals surface area contributed by atoms with Gasteiger partial charge in [0.05, 0.1) is 12.2 Å². The average Bonchev–Trinajstić information content (AvgIpc) is 2.28. The molecule has 0 spiro atoms. The summed E-state index contributed by atoms with van der Waals surface area (Å²) in [6.07, 6.45) is -0.962. The Hall–Kier alpha value is -2.08. The number of hydrazine groups is 1. The molecule has 1 rings (SSSR count). The van der Waals surface area contributed by atoms with E-state index in [1.807, 2.05) is 0 Å². The summed E-state index contributed by atoms with van der Waals surface area (Å²) in [5.74, 6) is 4.18. The van der Waals surface area contributed by atoms with Crippen molar-refractivity contribution in [1.29, 1.82) is 0 Å². The third kappa shape index (κ3) is 2.48. The van der Waals surface area contributed by atoms with Crippen LogP contribution in [0.3, 0.4) is 0 Å². The maximum Gasteiger partial charge on any atom is 0.431 e. The number of phenols is 1. The van der Waals surface area contributed by atoms with E-state index in [1.165, 1.54) is 12.1 Å². The second-order valence-corrected chi connectivity index (χ2v) is 2.89. The summed E-state index contributed by atoms with van der Waals surface area (Å²) in [7, 11) is 0. The molecular formula is C10H12N2O4. The molecule has 0 aliphatic heterocycles. The number of nitrogens with zero attached hydrogens (tertiary/aromatic N) is 1. The summed E-state index contributed by atoms with van der Waals surface area (Å²) in [6.45, 7) is 1.71. The van der Waals surface area contributed by atoms with Gasteiger partial charge < -0.3 is 9.84 Å². The Morgan fingerprint density at radius 3 is 2.62 bits per heavy atom. The van der Waals surface area contributed by atoms with Crippen LogP contribution in [0.15, 0.2) is 24.3 Å². The standard InChI is InChI=1S/C10H12N2O4/c1-2-16-10(15)12(11)9(14)7-5-3-4-6-8(7)13/h3-6,13H,2,11H2,1H3. The lowest BCUT2D eigenvalue weighted by atomic mass is 10.2. The minimum absolute atomic E-state index is 0.0574. The zero-order valence-electron chi connectivity index (χ0n) is 8.71. The van der Waals surface area contributed by atoms with Crippen molar-refractivity contribution in [2.45, 2.75) is 6.92 Å². The number of benzene rings is 1. The summed E-state index contributed by atoms with van der Waals surface area (Å²) in [5.41, 5.74) is -0.0574. The van der Waals surface area contributed by atoms with Crippen LogP contribution in [0.25, 0.3) is 0 Å². The van der Waals surface area contributed by atoms with Gasteiger partial charge in [-0.3, -0.25) is 4.79 Å². The van der Waals surface area contributed by atoms with E-state index in [1.54, 1.807) is 19.1 Å². The van der Waals surface area contributed by atoms with Gasteiger partial charge in [-0.05, 0) is 19.1 Å². The number of imide groups is 1. The molecule has 0 heterocycles. The van der Waals surface area contributed by atoms with Crippen LogP contribution in [0.2, 0.25) is 0 Å². The van der Waals surface area contributed by atoms with E-state index in [2.05, 4.69) is 4.74 Å². The van der Waals surface area contributed by atoms with E-state index in [0.29, 0.717) is 5.01 Å². The first-order valence-electron chi connectivity index (χ1n) is 4.61. The number of carbonyl (C=O) groups excluding carboxylic acids is 2. The maximum absolute atomic E-state index is 11.6. The Morgan fingerprint density at radius 2 is 2.06 bits per heavy atom. The molecule has 0 saturated carbocycles. The van der Waals surface area contributed by atoms with Crippen LogP contribution in [-0.4, -0.2) is 28.7 Å². The van der Waals surface area contributed by atoms with Gasteiger partial charge in [0.25, 0.3) is 5.91 Å². The van der Waals surface area contributed by atoms with Gasteiger partial charge in [-0.2, -0.15) is 5.01 Å². The molecule has 0 aliphatic rings. The van der Waals surface area contributed by atoms with Crippen molar-refractivity contribution in [1.82, 2.24) is 5.01 Å². The first-order valence-corrected chi connectivity index (χ1v) is 4.61. The van der Waals surface area contributed by atoms with Crippen LogP contribution in [0.5, 0.6) is 5.75 Å². The van der Waals surface area contributed by atoms with Crippen LogP contribution >= 0.6 is 0 Å². The summed E-state index contributed by atoms with van der Waals surface area (Å²) in [5, 5.41) is 9.70. The van der Waals surface area contributed by atoms with E-state index in [0.717, 1.165) is 0 Å². The third-order valence-electron chi connectivity index (χ3n) is 1.82. The normalized spacial score (nSPS) is 9.62. The average molecular weight is 224 g/mol. The SMILES string of the molecule is CCOC(=O)N(N)C(=O)c1ccccc1O. The van der Waals surface area contributed by atoms with Crippen molar-refractivity contribution < 1.29 is 19.4 Å². The zero-order valence-corrected chi connectivity index (χ0v) is 8.71. The topological polar surface area (TPSA) is 92.9 Å². The molecule has 2 amide bonds. The Labute approximate surface area is 92.2 Å². The predicted molar refractivity (Wildman–Crippen MR) is 55.5 cm³/mol. The third-order valence-corrected chi connectivity index (χ3v) is 1.82. The number of amides is 2. The molecule has 0 radical (unpaired) electrons. The highest BCUT2D eigenvalue weighted by molar-refractivity contribution is 6.03. The van der Waals surface area contributed by atoms with Crippen molar-refractivity contribution in [2.24, 2.45) is 5.84 Å². The summed E-state index contributed by atoms with van der Waals surface area (Å²) >= 11 is 0. The quantitative estimate of drug-likeness (QED) is 0.441. The Balaban J connectivity index is 2.86. The van der Waals surface area contributed by atoms with Crippen LogP contribution in [-0.2, 0) is 4.74 Å². The van der Waals surface area contributed by atoms with E-state index in [-0.39, 0.29) is 17.9 Å². The Morgan fingerprint density at radius 1 is 1.44 bits per heavy atom. The Kier molecular flexibility index (Phi) is 3.84. The number of phenolic OH excluding ortho intramolecular Hbond substituents is 1. The number of para-hydroxylation sites is 1. The second kappa shape index (κ2) is 5.13. The number of hydrogen-bond acceptors (Lipinski definition) is 5. The van der Waals surface area contributed by atoms with Gasteiger partial charge in [0, 0.05) is 0 Å². The number of carbonyl (C=O) groups is 2. The van der Waals surface area contributed by atoms with Crippen LogP contribution < -0.4 is 5.84 Å². The summed E-state index contributed by atoms with van der Waals surface area (Å²) < 4.78 is 4.55. The molecular weight excluding hydrogens is 212 g/mol. The van der Waals surface area contributed by atoms with Crippen molar-refractivity contribution in [2.75, 3.05) is 6.61 Å². The monoisotopic (exact) mass is 224 g/mol. The molecule has 1 aromatic rings. The van der Waals surface area contributed by atoms with E-state index >= 15 is 0 Å². The van der Waals surface area contributed by atoms with E-state index in [9.17, 15) is 14.7 Å². The van der Waals surface area contributed by atoms with Crippen molar-refractivity contribution in [3.63, 3.8) is 0 Å². The smallest absolute Gasteiger partial charge is 0.431 e. The van der Waals surface area contributed by atoms with Crippen LogP contribution in [0.1, 0.15) is 17.3 Å². The van der Waals surface area contributed by atoms with Crippen LogP contribution in [0, 0.1) is 0 Å². The lowest BCUT2D eigenvalue weighted by Gasteiger charge is -2.14. The maximum atomic E-state index is 11.6. The summed E-state index contributed by atoms with van der Waals surface area (Å²) in [4.78, 5) is 22.8. The van der Waals surface area contributed by atoms with Gasteiger partial charge in [0.15, 0.2) is 0 Å². The zero-order chi connectivity index (χ0) is 12.1. The van der Waals surface area contributed by atoms with Crippen molar-refractivity contribution >= 4 is 12.0 Å². The van der Waals surface area contributed by atoms with Gasteiger partial charge in [-0.25, -0.2) is 10.6 Å². The van der Waals surface area contributed by atoms with Gasteiger partial charge in [-0.15, -0.1) is 0 Å². The predicted octanol–water partition coefficient (Wildman–Crippen LogP) is 0.865. The Bertz CT molecular complexity index is 406. The molecule has 0 aliphatic carbocycles. The minimum Gasteiger partial charge on any atom is -0.507 e. The first kappa shape index (κ1) is 12.0. The van der Waals surface area contributed by atoms with Crippen molar-refractivity contribution in [3.8, 4) is 5.75 Å².